The van der Waals surface area contributed by atoms with Gasteiger partial charge in [-0.25, -0.2) is 0 Å². The third-order valence-electron chi connectivity index (χ3n) is 5.67. The molecule has 0 bridgehead atoms. The summed E-state index contributed by atoms with van der Waals surface area (Å²) >= 11 is 3.40. The third kappa shape index (κ3) is 5.17. The van der Waals surface area contributed by atoms with Gasteiger partial charge in [0, 0.05) is 39.8 Å². The molecule has 8 heteroatoms. The van der Waals surface area contributed by atoms with Gasteiger partial charge in [-0.2, -0.15) is 0 Å². The monoisotopic (exact) mass is 536 g/mol. The van der Waals surface area contributed by atoms with Gasteiger partial charge in [-0.1, -0.05) is 15.9 Å². The molecule has 0 saturated heterocycles. The molecule has 1 aromatic heterocycles. The molecule has 35 heavy (non-hydrogen) atoms. The van der Waals surface area contributed by atoms with E-state index in [0.29, 0.717) is 40.7 Å². The van der Waals surface area contributed by atoms with Crippen LogP contribution in [0.25, 0.3) is 10.8 Å². The highest BCUT2D eigenvalue weighted by Gasteiger charge is 2.17. The van der Waals surface area contributed by atoms with Gasteiger partial charge in [0.2, 0.25) is 0 Å². The molecular weight excluding hydrogens is 512 g/mol. The summed E-state index contributed by atoms with van der Waals surface area (Å²) in [6.45, 7) is 0. The van der Waals surface area contributed by atoms with Crippen molar-refractivity contribution in [3.8, 4) is 23.0 Å². The molecule has 0 unspecified atom stereocenters. The largest absolute Gasteiger partial charge is 0.493 e. The van der Waals surface area contributed by atoms with E-state index in [2.05, 4.69) is 26.2 Å². The molecule has 0 spiro atoms. The minimum absolute atomic E-state index is 0.233. The molecule has 0 saturated carbocycles. The molecule has 1 amide bonds. The van der Waals surface area contributed by atoms with Crippen LogP contribution in [0.5, 0.6) is 23.0 Å². The molecular formula is C27H25BrN2O5. The Morgan fingerprint density at radius 3 is 2.09 bits per heavy atom. The molecule has 1 N–H and O–H groups in total. The van der Waals surface area contributed by atoms with Crippen LogP contribution in [-0.2, 0) is 6.42 Å². The van der Waals surface area contributed by atoms with Gasteiger partial charge in [0.1, 0.15) is 0 Å². The Morgan fingerprint density at radius 1 is 0.829 bits per heavy atom. The predicted octanol–water partition coefficient (Wildman–Crippen LogP) is 5.87. The van der Waals surface area contributed by atoms with Crippen LogP contribution in [0.3, 0.4) is 0 Å². The number of amides is 1. The standard InChI is InChI=1S/C27H25BrN2O5/c1-32-23-12-17-9-10-29-22(20(17)14-25(23)34-3)11-18-13-24(33-2)26(35-4)15-21(18)30-27(31)16-5-7-19(28)8-6-16/h5-10,12-15H,11H2,1-4H3,(H,30,31). The number of carbonyl (C=O) groups is 1. The van der Waals surface area contributed by atoms with Crippen molar-refractivity contribution in [3.05, 3.63) is 82.1 Å². The van der Waals surface area contributed by atoms with Gasteiger partial charge < -0.3 is 24.3 Å². The lowest BCUT2D eigenvalue weighted by Crippen LogP contribution is -2.14. The average Bonchev–Trinajstić information content (AvgIpc) is 2.88. The molecule has 4 rings (SSSR count). The topological polar surface area (TPSA) is 78.9 Å². The molecule has 0 aliphatic heterocycles. The maximum Gasteiger partial charge on any atom is 0.255 e. The minimum Gasteiger partial charge on any atom is -0.493 e. The highest BCUT2D eigenvalue weighted by Crippen LogP contribution is 2.37. The lowest BCUT2D eigenvalue weighted by molar-refractivity contribution is 0.102. The van der Waals surface area contributed by atoms with Gasteiger partial charge in [-0.05, 0) is 59.5 Å². The normalized spacial score (nSPS) is 10.7. The van der Waals surface area contributed by atoms with Gasteiger partial charge in [-0.15, -0.1) is 0 Å². The zero-order valence-corrected chi connectivity index (χ0v) is 21.4. The van der Waals surface area contributed by atoms with E-state index in [9.17, 15) is 4.79 Å². The van der Waals surface area contributed by atoms with E-state index in [1.165, 1.54) is 0 Å². The van der Waals surface area contributed by atoms with Crippen LogP contribution in [0.4, 0.5) is 5.69 Å². The van der Waals surface area contributed by atoms with Crippen molar-refractivity contribution in [1.29, 1.82) is 0 Å². The Kier molecular flexibility index (Phi) is 7.41. The molecule has 0 radical (unpaired) electrons. The summed E-state index contributed by atoms with van der Waals surface area (Å²) in [5.74, 6) is 2.10. The maximum atomic E-state index is 13.0. The van der Waals surface area contributed by atoms with E-state index in [0.717, 1.165) is 26.5 Å². The fourth-order valence-corrected chi connectivity index (χ4v) is 4.12. The first-order valence-corrected chi connectivity index (χ1v) is 11.6. The second-order valence-electron chi connectivity index (χ2n) is 7.69. The summed E-state index contributed by atoms with van der Waals surface area (Å²) in [6.07, 6.45) is 2.19. The first-order valence-electron chi connectivity index (χ1n) is 10.8. The smallest absolute Gasteiger partial charge is 0.255 e. The van der Waals surface area contributed by atoms with E-state index in [-0.39, 0.29) is 5.91 Å². The van der Waals surface area contributed by atoms with E-state index in [1.807, 2.05) is 36.4 Å². The van der Waals surface area contributed by atoms with Crippen molar-refractivity contribution in [2.45, 2.75) is 6.42 Å². The number of benzene rings is 3. The van der Waals surface area contributed by atoms with Gasteiger partial charge in [0.05, 0.1) is 34.1 Å². The van der Waals surface area contributed by atoms with Crippen molar-refractivity contribution in [2.24, 2.45) is 0 Å². The van der Waals surface area contributed by atoms with E-state index in [4.69, 9.17) is 18.9 Å². The number of aromatic nitrogens is 1. The number of methoxy groups -OCH3 is 4. The first kappa shape index (κ1) is 24.3. The van der Waals surface area contributed by atoms with E-state index in [1.54, 1.807) is 52.8 Å². The molecule has 3 aromatic carbocycles. The summed E-state index contributed by atoms with van der Waals surface area (Å²) in [7, 11) is 6.35. The van der Waals surface area contributed by atoms with E-state index < -0.39 is 0 Å². The number of nitrogens with one attached hydrogen (secondary N) is 1. The van der Waals surface area contributed by atoms with E-state index >= 15 is 0 Å². The number of rotatable bonds is 8. The quantitative estimate of drug-likeness (QED) is 0.303. The number of carbonyl (C=O) groups excluding carboxylic acids is 1. The molecule has 0 fully saturated rings. The predicted molar refractivity (Wildman–Crippen MR) is 139 cm³/mol. The number of anilines is 1. The zero-order chi connectivity index (χ0) is 24.9. The van der Waals surface area contributed by atoms with Crippen LogP contribution in [0.15, 0.2) is 65.3 Å². The van der Waals surface area contributed by atoms with Gasteiger partial charge >= 0.3 is 0 Å². The Labute approximate surface area is 212 Å². The van der Waals surface area contributed by atoms with Crippen LogP contribution in [0.1, 0.15) is 21.6 Å². The maximum absolute atomic E-state index is 13.0. The van der Waals surface area contributed by atoms with Gasteiger partial charge in [0.15, 0.2) is 23.0 Å². The third-order valence-corrected chi connectivity index (χ3v) is 6.20. The van der Waals surface area contributed by atoms with Crippen molar-refractivity contribution >= 4 is 38.3 Å². The summed E-state index contributed by atoms with van der Waals surface area (Å²) < 4.78 is 22.9. The minimum atomic E-state index is -0.233. The van der Waals surface area contributed by atoms with Crippen molar-refractivity contribution in [3.63, 3.8) is 0 Å². The number of nitrogens with zero attached hydrogens (tertiary/aromatic N) is 1. The van der Waals surface area contributed by atoms with Crippen molar-refractivity contribution in [2.75, 3.05) is 33.8 Å². The Hall–Kier alpha value is -3.78. The average molecular weight is 537 g/mol. The molecule has 0 aliphatic rings. The summed E-state index contributed by atoms with van der Waals surface area (Å²) in [4.78, 5) is 17.6. The molecule has 180 valence electrons. The Morgan fingerprint density at radius 2 is 1.43 bits per heavy atom. The first-order chi connectivity index (χ1) is 17.0. The molecule has 4 aromatic rings. The molecule has 1 heterocycles. The number of pyridine rings is 1. The van der Waals surface area contributed by atoms with Crippen LogP contribution >= 0.6 is 15.9 Å². The van der Waals surface area contributed by atoms with Crippen LogP contribution < -0.4 is 24.3 Å². The molecule has 7 nitrogen and oxygen atoms in total. The fraction of sp³-hybridized carbons (Fsp3) is 0.185. The number of ether oxygens (including phenoxy) is 4. The lowest BCUT2D eigenvalue weighted by Gasteiger charge is -2.17. The SMILES string of the molecule is COc1cc(Cc2nccc3cc(OC)c(OC)cc23)c(NC(=O)c2ccc(Br)cc2)cc1OC. The number of hydrogen-bond donors (Lipinski definition) is 1. The van der Waals surface area contributed by atoms with Crippen LogP contribution in [0, 0.1) is 0 Å². The second-order valence-corrected chi connectivity index (χ2v) is 8.60. The molecule has 0 aliphatic carbocycles. The zero-order valence-electron chi connectivity index (χ0n) is 19.8. The second kappa shape index (κ2) is 10.7. The highest BCUT2D eigenvalue weighted by molar-refractivity contribution is 9.10. The summed E-state index contributed by atoms with van der Waals surface area (Å²) in [5.41, 5.74) is 2.78. The molecule has 0 atom stereocenters. The van der Waals surface area contributed by atoms with Crippen molar-refractivity contribution < 1.29 is 23.7 Å². The van der Waals surface area contributed by atoms with Gasteiger partial charge in [0.25, 0.3) is 5.91 Å². The van der Waals surface area contributed by atoms with Gasteiger partial charge in [-0.3, -0.25) is 9.78 Å². The number of fused-ring (bicyclic) bond motifs is 1. The Bertz CT molecular complexity index is 1370. The summed E-state index contributed by atoms with van der Waals surface area (Å²) in [5, 5.41) is 4.91. The number of hydrogen-bond acceptors (Lipinski definition) is 6. The van der Waals surface area contributed by atoms with Crippen LogP contribution in [-0.4, -0.2) is 39.3 Å². The Balaban J connectivity index is 1.78. The lowest BCUT2D eigenvalue weighted by atomic mass is 10.0. The van der Waals surface area contributed by atoms with Crippen LogP contribution in [0.2, 0.25) is 0 Å². The summed E-state index contributed by atoms with van der Waals surface area (Å²) in [6, 6.07) is 16.5. The number of halogens is 1. The highest BCUT2D eigenvalue weighted by atomic mass is 79.9. The fourth-order valence-electron chi connectivity index (χ4n) is 3.86. The van der Waals surface area contributed by atoms with Crippen molar-refractivity contribution in [1.82, 2.24) is 4.98 Å².